The van der Waals surface area contributed by atoms with Gasteiger partial charge >= 0.3 is 6.09 Å². The number of rotatable bonds is 2. The van der Waals surface area contributed by atoms with Gasteiger partial charge in [0.1, 0.15) is 5.60 Å². The van der Waals surface area contributed by atoms with Crippen LogP contribution in [0.15, 0.2) is 24.5 Å². The molecule has 0 radical (unpaired) electrons. The fourth-order valence-corrected chi connectivity index (χ4v) is 5.17. The van der Waals surface area contributed by atoms with Crippen LogP contribution in [-0.4, -0.2) is 52.0 Å². The molecule has 2 aliphatic carbocycles. The van der Waals surface area contributed by atoms with Crippen LogP contribution in [-0.2, 0) is 9.53 Å². The lowest BCUT2D eigenvalue weighted by Gasteiger charge is -2.43. The number of carbonyl (C=O) groups is 2. The minimum atomic E-state index is -0.528. The third-order valence-corrected chi connectivity index (χ3v) is 6.46. The summed E-state index contributed by atoms with van der Waals surface area (Å²) < 4.78 is 5.57. The number of ether oxygens (including phenoxy) is 1. The van der Waals surface area contributed by atoms with Gasteiger partial charge in [-0.25, -0.2) is 4.79 Å². The quantitative estimate of drug-likeness (QED) is 0.780. The Morgan fingerprint density at radius 2 is 1.86 bits per heavy atom. The summed E-state index contributed by atoms with van der Waals surface area (Å²) in [6.07, 6.45) is 7.93. The molecular weight excluding hydrogens is 354 g/mol. The van der Waals surface area contributed by atoms with Crippen LogP contribution in [0.2, 0.25) is 0 Å². The van der Waals surface area contributed by atoms with Crippen LogP contribution in [0.3, 0.4) is 0 Å². The standard InChI is InChI=1S/C22H31N3O3/c1-22(2,3)28-21(27)24-10-11-25(19(14-24)16-6-8-23-9-7-16)20(26)18-13-15-4-5-17(18)12-15/h6-9,15,17-19H,4-5,10-14H2,1-3H3/t15-,17-,18+,19-/m0/s1. The van der Waals surface area contributed by atoms with E-state index in [1.807, 2.05) is 37.8 Å². The van der Waals surface area contributed by atoms with Crippen molar-refractivity contribution in [3.8, 4) is 0 Å². The summed E-state index contributed by atoms with van der Waals surface area (Å²) in [5.74, 6) is 1.73. The van der Waals surface area contributed by atoms with Crippen molar-refractivity contribution in [3.05, 3.63) is 30.1 Å². The maximum Gasteiger partial charge on any atom is 0.410 e. The van der Waals surface area contributed by atoms with Gasteiger partial charge < -0.3 is 14.5 Å². The van der Waals surface area contributed by atoms with Gasteiger partial charge in [-0.1, -0.05) is 6.42 Å². The molecule has 0 aromatic carbocycles. The number of aromatic nitrogens is 1. The van der Waals surface area contributed by atoms with Crippen molar-refractivity contribution >= 4 is 12.0 Å². The molecule has 2 heterocycles. The highest BCUT2D eigenvalue weighted by Crippen LogP contribution is 2.49. The van der Waals surface area contributed by atoms with E-state index in [-0.39, 0.29) is 24.0 Å². The molecule has 3 fully saturated rings. The summed E-state index contributed by atoms with van der Waals surface area (Å²) in [7, 11) is 0. The topological polar surface area (TPSA) is 62.7 Å². The Labute approximate surface area is 167 Å². The van der Waals surface area contributed by atoms with Gasteiger partial charge in [-0.3, -0.25) is 9.78 Å². The van der Waals surface area contributed by atoms with Gasteiger partial charge in [0.2, 0.25) is 5.91 Å². The first-order valence-electron chi connectivity index (χ1n) is 10.5. The van der Waals surface area contributed by atoms with Crippen molar-refractivity contribution in [1.29, 1.82) is 0 Å². The average molecular weight is 386 g/mol. The van der Waals surface area contributed by atoms with Crippen molar-refractivity contribution in [3.63, 3.8) is 0 Å². The normalized spacial score (nSPS) is 29.8. The number of hydrogen-bond acceptors (Lipinski definition) is 4. The van der Waals surface area contributed by atoms with E-state index in [1.54, 1.807) is 17.3 Å². The van der Waals surface area contributed by atoms with Gasteiger partial charge in [-0.2, -0.15) is 0 Å². The first-order valence-corrected chi connectivity index (χ1v) is 10.5. The zero-order chi connectivity index (χ0) is 19.9. The fourth-order valence-electron chi connectivity index (χ4n) is 5.17. The van der Waals surface area contributed by atoms with Gasteiger partial charge in [-0.15, -0.1) is 0 Å². The number of nitrogens with zero attached hydrogens (tertiary/aromatic N) is 3. The van der Waals surface area contributed by atoms with E-state index in [0.717, 1.165) is 17.9 Å². The maximum absolute atomic E-state index is 13.5. The van der Waals surface area contributed by atoms with Gasteiger partial charge in [0, 0.05) is 37.9 Å². The van der Waals surface area contributed by atoms with E-state index in [4.69, 9.17) is 4.74 Å². The second kappa shape index (κ2) is 7.37. The summed E-state index contributed by atoms with van der Waals surface area (Å²) in [4.78, 5) is 33.9. The van der Waals surface area contributed by atoms with E-state index < -0.39 is 5.60 Å². The van der Waals surface area contributed by atoms with Gasteiger partial charge in [0.05, 0.1) is 6.04 Å². The number of carbonyl (C=O) groups excluding carboxylic acids is 2. The first-order chi connectivity index (χ1) is 13.3. The third kappa shape index (κ3) is 3.87. The molecular formula is C22H31N3O3. The van der Waals surface area contributed by atoms with E-state index in [0.29, 0.717) is 25.6 Å². The van der Waals surface area contributed by atoms with Crippen LogP contribution in [0.5, 0.6) is 0 Å². The molecule has 2 amide bonds. The molecule has 2 bridgehead atoms. The minimum absolute atomic E-state index is 0.143. The summed E-state index contributed by atoms with van der Waals surface area (Å²) in [6, 6.07) is 3.75. The second-order valence-electron chi connectivity index (χ2n) is 9.54. The van der Waals surface area contributed by atoms with Crippen molar-refractivity contribution < 1.29 is 14.3 Å². The van der Waals surface area contributed by atoms with Crippen LogP contribution < -0.4 is 0 Å². The van der Waals surface area contributed by atoms with Gasteiger partial charge in [0.25, 0.3) is 0 Å². The number of piperazine rings is 1. The summed E-state index contributed by atoms with van der Waals surface area (Å²) in [5.41, 5.74) is 0.499. The third-order valence-electron chi connectivity index (χ3n) is 6.46. The number of fused-ring (bicyclic) bond motifs is 2. The van der Waals surface area contributed by atoms with Crippen LogP contribution in [0.4, 0.5) is 4.79 Å². The lowest BCUT2D eigenvalue weighted by atomic mass is 9.87. The summed E-state index contributed by atoms with van der Waals surface area (Å²) >= 11 is 0. The Morgan fingerprint density at radius 3 is 2.46 bits per heavy atom. The predicted molar refractivity (Wildman–Crippen MR) is 105 cm³/mol. The first kappa shape index (κ1) is 19.2. The van der Waals surface area contributed by atoms with Gasteiger partial charge in [0.15, 0.2) is 0 Å². The van der Waals surface area contributed by atoms with E-state index >= 15 is 0 Å². The fraction of sp³-hybridized carbons (Fsp3) is 0.682. The van der Waals surface area contributed by atoms with Crippen LogP contribution >= 0.6 is 0 Å². The zero-order valence-electron chi connectivity index (χ0n) is 17.1. The van der Waals surface area contributed by atoms with Crippen molar-refractivity contribution in [2.24, 2.45) is 17.8 Å². The number of amides is 2. The largest absolute Gasteiger partial charge is 0.444 e. The Balaban J connectivity index is 1.53. The molecule has 152 valence electrons. The second-order valence-corrected chi connectivity index (χ2v) is 9.54. The molecule has 28 heavy (non-hydrogen) atoms. The molecule has 0 N–H and O–H groups in total. The summed E-state index contributed by atoms with van der Waals surface area (Å²) in [6.45, 7) is 7.16. The Bertz CT molecular complexity index is 730. The highest BCUT2D eigenvalue weighted by Gasteiger charge is 2.46. The highest BCUT2D eigenvalue weighted by atomic mass is 16.6. The van der Waals surface area contributed by atoms with E-state index in [1.165, 1.54) is 19.3 Å². The minimum Gasteiger partial charge on any atom is -0.444 e. The molecule has 4 atom stereocenters. The maximum atomic E-state index is 13.5. The molecule has 4 rings (SSSR count). The molecule has 1 aromatic heterocycles. The lowest BCUT2D eigenvalue weighted by Crippen LogP contribution is -2.54. The van der Waals surface area contributed by atoms with Crippen LogP contribution in [0.25, 0.3) is 0 Å². The van der Waals surface area contributed by atoms with E-state index in [9.17, 15) is 9.59 Å². The molecule has 2 saturated carbocycles. The Hall–Kier alpha value is -2.11. The summed E-state index contributed by atoms with van der Waals surface area (Å²) in [5, 5.41) is 0. The molecule has 1 aromatic rings. The molecule has 1 aliphatic heterocycles. The predicted octanol–water partition coefficient (Wildman–Crippen LogP) is 3.64. The van der Waals surface area contributed by atoms with E-state index in [2.05, 4.69) is 4.98 Å². The SMILES string of the molecule is CC(C)(C)OC(=O)N1CCN(C(=O)[C@@H]2C[C@H]3CC[C@H]2C3)[C@H](c2ccncc2)C1. The molecule has 6 heteroatoms. The Kier molecular flexibility index (Phi) is 5.06. The molecule has 1 saturated heterocycles. The van der Waals surface area contributed by atoms with Crippen molar-refractivity contribution in [2.45, 2.75) is 58.1 Å². The molecule has 3 aliphatic rings. The van der Waals surface area contributed by atoms with Crippen molar-refractivity contribution in [2.75, 3.05) is 19.6 Å². The smallest absolute Gasteiger partial charge is 0.410 e. The average Bonchev–Trinajstić information content (AvgIpc) is 3.30. The molecule has 0 spiro atoms. The lowest BCUT2D eigenvalue weighted by molar-refractivity contribution is -0.142. The monoisotopic (exact) mass is 385 g/mol. The van der Waals surface area contributed by atoms with Crippen LogP contribution in [0, 0.1) is 17.8 Å². The number of pyridine rings is 1. The van der Waals surface area contributed by atoms with Gasteiger partial charge in [-0.05, 0) is 69.6 Å². The number of hydrogen-bond donors (Lipinski definition) is 0. The zero-order valence-corrected chi connectivity index (χ0v) is 17.1. The Morgan fingerprint density at radius 1 is 1.11 bits per heavy atom. The highest BCUT2D eigenvalue weighted by molar-refractivity contribution is 5.81. The van der Waals surface area contributed by atoms with Crippen molar-refractivity contribution in [1.82, 2.24) is 14.8 Å². The van der Waals surface area contributed by atoms with Crippen LogP contribution in [0.1, 0.15) is 58.1 Å². The molecule has 0 unspecified atom stereocenters. The molecule has 6 nitrogen and oxygen atoms in total.